The van der Waals surface area contributed by atoms with Crippen LogP contribution < -0.4 is 0 Å². The van der Waals surface area contributed by atoms with Crippen molar-refractivity contribution in [2.45, 2.75) is 40.2 Å². The predicted octanol–water partition coefficient (Wildman–Crippen LogP) is 2.69. The molecule has 0 saturated carbocycles. The summed E-state index contributed by atoms with van der Waals surface area (Å²) in [5, 5.41) is 0. The van der Waals surface area contributed by atoms with E-state index in [0.717, 1.165) is 38.4 Å². The van der Waals surface area contributed by atoms with Crippen molar-refractivity contribution in [3.8, 4) is 0 Å². The third-order valence-corrected chi connectivity index (χ3v) is 4.04. The van der Waals surface area contributed by atoms with Crippen molar-refractivity contribution < 1.29 is 4.74 Å². The second-order valence-electron chi connectivity index (χ2n) is 5.91. The Hall–Kier alpha value is 0.270. The van der Waals surface area contributed by atoms with Crippen molar-refractivity contribution in [3.63, 3.8) is 0 Å². The maximum atomic E-state index is 5.70. The van der Waals surface area contributed by atoms with Crippen molar-refractivity contribution in [1.82, 2.24) is 4.90 Å². The summed E-state index contributed by atoms with van der Waals surface area (Å²) in [7, 11) is 0. The standard InChI is InChI=1S/C13H27NOS/c1-5-12-9-14(6-7-15-12)8-11(10-16)13(2,3)4/h11-12,16H,5-10H2,1-4H3. The van der Waals surface area contributed by atoms with Crippen molar-refractivity contribution >= 4 is 12.6 Å². The monoisotopic (exact) mass is 245 g/mol. The summed E-state index contributed by atoms with van der Waals surface area (Å²) in [6.45, 7) is 13.4. The molecule has 0 radical (unpaired) electrons. The van der Waals surface area contributed by atoms with Crippen LogP contribution >= 0.6 is 12.6 Å². The molecule has 16 heavy (non-hydrogen) atoms. The van der Waals surface area contributed by atoms with Gasteiger partial charge in [-0.15, -0.1) is 0 Å². The Kier molecular flexibility index (Phi) is 5.62. The van der Waals surface area contributed by atoms with Gasteiger partial charge in [-0.3, -0.25) is 4.90 Å². The summed E-state index contributed by atoms with van der Waals surface area (Å²) in [5.74, 6) is 1.63. The van der Waals surface area contributed by atoms with E-state index in [2.05, 4.69) is 45.2 Å². The molecule has 0 aliphatic carbocycles. The van der Waals surface area contributed by atoms with Crippen molar-refractivity contribution in [3.05, 3.63) is 0 Å². The minimum absolute atomic E-state index is 0.349. The fraction of sp³-hybridized carbons (Fsp3) is 1.00. The highest BCUT2D eigenvalue weighted by Crippen LogP contribution is 2.28. The molecule has 1 rings (SSSR count). The van der Waals surface area contributed by atoms with Crippen molar-refractivity contribution in [2.75, 3.05) is 32.0 Å². The zero-order valence-electron chi connectivity index (χ0n) is 11.2. The first kappa shape index (κ1) is 14.3. The largest absolute Gasteiger partial charge is 0.376 e. The zero-order valence-corrected chi connectivity index (χ0v) is 12.1. The molecule has 2 atom stereocenters. The van der Waals surface area contributed by atoms with Gasteiger partial charge < -0.3 is 4.74 Å². The van der Waals surface area contributed by atoms with Gasteiger partial charge in [0, 0.05) is 19.6 Å². The van der Waals surface area contributed by atoms with Crippen LogP contribution in [-0.4, -0.2) is 43.0 Å². The summed E-state index contributed by atoms with van der Waals surface area (Å²) in [5.41, 5.74) is 0.349. The molecule has 0 spiro atoms. The summed E-state index contributed by atoms with van der Waals surface area (Å²) in [4.78, 5) is 2.55. The highest BCUT2D eigenvalue weighted by molar-refractivity contribution is 7.80. The summed E-state index contributed by atoms with van der Waals surface area (Å²) < 4.78 is 5.70. The van der Waals surface area contributed by atoms with E-state index in [4.69, 9.17) is 4.74 Å². The van der Waals surface area contributed by atoms with Gasteiger partial charge in [-0.25, -0.2) is 0 Å². The number of ether oxygens (including phenoxy) is 1. The van der Waals surface area contributed by atoms with Crippen LogP contribution in [0.25, 0.3) is 0 Å². The Morgan fingerprint density at radius 3 is 2.62 bits per heavy atom. The lowest BCUT2D eigenvalue weighted by Crippen LogP contribution is -2.46. The molecule has 0 aromatic carbocycles. The fourth-order valence-electron chi connectivity index (χ4n) is 2.11. The Balaban J connectivity index is 2.45. The number of hydrogen-bond donors (Lipinski definition) is 1. The lowest BCUT2D eigenvalue weighted by atomic mass is 9.81. The van der Waals surface area contributed by atoms with E-state index in [9.17, 15) is 0 Å². The van der Waals surface area contributed by atoms with Crippen molar-refractivity contribution in [1.29, 1.82) is 0 Å². The first-order chi connectivity index (χ1) is 7.47. The second-order valence-corrected chi connectivity index (χ2v) is 6.27. The normalized spacial score (nSPS) is 25.7. The third-order valence-electron chi connectivity index (χ3n) is 3.60. The number of hydrogen-bond acceptors (Lipinski definition) is 3. The second kappa shape index (κ2) is 6.27. The molecule has 2 nitrogen and oxygen atoms in total. The van der Waals surface area contributed by atoms with E-state index in [0.29, 0.717) is 17.4 Å². The molecule has 0 aromatic heterocycles. The molecule has 0 bridgehead atoms. The van der Waals surface area contributed by atoms with E-state index < -0.39 is 0 Å². The van der Waals surface area contributed by atoms with E-state index >= 15 is 0 Å². The molecule has 3 heteroatoms. The van der Waals surface area contributed by atoms with E-state index in [1.54, 1.807) is 0 Å². The van der Waals surface area contributed by atoms with Crippen molar-refractivity contribution in [2.24, 2.45) is 11.3 Å². The van der Waals surface area contributed by atoms with Crippen LogP contribution in [0.5, 0.6) is 0 Å². The lowest BCUT2D eigenvalue weighted by molar-refractivity contribution is -0.0377. The van der Waals surface area contributed by atoms with Crippen LogP contribution in [0.2, 0.25) is 0 Å². The number of morpholine rings is 1. The predicted molar refractivity (Wildman–Crippen MR) is 73.3 cm³/mol. The average molecular weight is 245 g/mol. The van der Waals surface area contributed by atoms with E-state index in [-0.39, 0.29) is 0 Å². The van der Waals surface area contributed by atoms with Gasteiger partial charge in [-0.1, -0.05) is 27.7 Å². The topological polar surface area (TPSA) is 12.5 Å². The SMILES string of the molecule is CCC1CN(CC(CS)C(C)(C)C)CCO1. The van der Waals surface area contributed by atoms with Gasteiger partial charge in [0.1, 0.15) is 0 Å². The van der Waals surface area contributed by atoms with E-state index in [1.165, 1.54) is 0 Å². The number of thiol groups is 1. The van der Waals surface area contributed by atoms with Crippen LogP contribution in [0.4, 0.5) is 0 Å². The highest BCUT2D eigenvalue weighted by atomic mass is 32.1. The first-order valence-electron chi connectivity index (χ1n) is 6.42. The van der Waals surface area contributed by atoms with Crippen LogP contribution in [-0.2, 0) is 4.74 Å². The molecule has 0 amide bonds. The third kappa shape index (κ3) is 4.27. The maximum Gasteiger partial charge on any atom is 0.0700 e. The van der Waals surface area contributed by atoms with Gasteiger partial charge in [-0.2, -0.15) is 12.6 Å². The molecule has 2 unspecified atom stereocenters. The van der Waals surface area contributed by atoms with Gasteiger partial charge in [0.2, 0.25) is 0 Å². The molecule has 1 aliphatic rings. The van der Waals surface area contributed by atoms with Crippen LogP contribution in [0.3, 0.4) is 0 Å². The lowest BCUT2D eigenvalue weighted by Gasteiger charge is -2.38. The minimum Gasteiger partial charge on any atom is -0.376 e. The molecular formula is C13H27NOS. The molecular weight excluding hydrogens is 218 g/mol. The van der Waals surface area contributed by atoms with Gasteiger partial charge in [0.25, 0.3) is 0 Å². The molecule has 1 saturated heterocycles. The van der Waals surface area contributed by atoms with Gasteiger partial charge >= 0.3 is 0 Å². The molecule has 1 aliphatic heterocycles. The zero-order chi connectivity index (χ0) is 12.2. The Morgan fingerprint density at radius 1 is 1.44 bits per heavy atom. The van der Waals surface area contributed by atoms with Crippen LogP contribution in [0, 0.1) is 11.3 Å². The van der Waals surface area contributed by atoms with Gasteiger partial charge in [-0.05, 0) is 23.5 Å². The number of nitrogens with zero attached hydrogens (tertiary/aromatic N) is 1. The minimum atomic E-state index is 0.349. The number of rotatable bonds is 4. The van der Waals surface area contributed by atoms with E-state index in [1.807, 2.05) is 0 Å². The summed E-state index contributed by atoms with van der Waals surface area (Å²) in [6, 6.07) is 0. The summed E-state index contributed by atoms with van der Waals surface area (Å²) >= 11 is 4.50. The Morgan fingerprint density at radius 2 is 2.12 bits per heavy atom. The molecule has 1 heterocycles. The molecule has 96 valence electrons. The Labute approximate surface area is 106 Å². The summed E-state index contributed by atoms with van der Waals surface area (Å²) in [6.07, 6.45) is 1.56. The van der Waals surface area contributed by atoms with Gasteiger partial charge in [0.05, 0.1) is 12.7 Å². The quantitative estimate of drug-likeness (QED) is 0.765. The molecule has 0 N–H and O–H groups in total. The molecule has 1 fully saturated rings. The maximum absolute atomic E-state index is 5.70. The first-order valence-corrected chi connectivity index (χ1v) is 7.05. The average Bonchev–Trinajstić information content (AvgIpc) is 2.24. The van der Waals surface area contributed by atoms with Gasteiger partial charge in [0.15, 0.2) is 0 Å². The Bertz CT molecular complexity index is 203. The fourth-order valence-corrected chi connectivity index (χ4v) is 2.77. The molecule has 0 aromatic rings. The van der Waals surface area contributed by atoms with Crippen LogP contribution in [0.15, 0.2) is 0 Å². The van der Waals surface area contributed by atoms with Crippen LogP contribution in [0.1, 0.15) is 34.1 Å². The smallest absolute Gasteiger partial charge is 0.0700 e. The highest BCUT2D eigenvalue weighted by Gasteiger charge is 2.27.